The standard InChI is InChI=1S/C15H19N3O4/c1-9(2)3-4-10-7-12(20)14(11(19)5-6-13(21)22)15-16-8-17-18(10)15/h7-9,19H,3-6H2,1-2H3,(H,21,22). The van der Waals surface area contributed by atoms with Crippen molar-refractivity contribution in [2.24, 2.45) is 5.92 Å². The predicted molar refractivity (Wildman–Crippen MR) is 80.5 cm³/mol. The first kappa shape index (κ1) is 15.9. The quantitative estimate of drug-likeness (QED) is 0.822. The molecular weight excluding hydrogens is 286 g/mol. The van der Waals surface area contributed by atoms with Gasteiger partial charge in [-0.15, -0.1) is 0 Å². The number of carbonyl (C=O) groups is 1. The van der Waals surface area contributed by atoms with Crippen LogP contribution in [0.15, 0.2) is 17.2 Å². The van der Waals surface area contributed by atoms with Gasteiger partial charge >= 0.3 is 5.97 Å². The van der Waals surface area contributed by atoms with Crippen LogP contribution in [0.3, 0.4) is 0 Å². The number of aliphatic carboxylic acids is 1. The summed E-state index contributed by atoms with van der Waals surface area (Å²) in [5.74, 6) is -0.810. The van der Waals surface area contributed by atoms with Crippen molar-refractivity contribution in [3.8, 4) is 0 Å². The summed E-state index contributed by atoms with van der Waals surface area (Å²) in [5.41, 5.74) is 0.650. The summed E-state index contributed by atoms with van der Waals surface area (Å²) >= 11 is 0. The Morgan fingerprint density at radius 2 is 2.05 bits per heavy atom. The Balaban J connectivity index is 2.54. The lowest BCUT2D eigenvalue weighted by atomic mass is 10.1. The van der Waals surface area contributed by atoms with E-state index in [4.69, 9.17) is 5.11 Å². The fourth-order valence-corrected chi connectivity index (χ4v) is 2.25. The summed E-state index contributed by atoms with van der Waals surface area (Å²) in [4.78, 5) is 26.9. The Hall–Kier alpha value is -2.44. The zero-order valence-corrected chi connectivity index (χ0v) is 12.6. The van der Waals surface area contributed by atoms with Gasteiger partial charge in [0.2, 0.25) is 0 Å². The molecule has 0 unspecified atom stereocenters. The van der Waals surface area contributed by atoms with Crippen LogP contribution < -0.4 is 10.6 Å². The second-order valence-electron chi connectivity index (χ2n) is 5.64. The molecule has 0 aliphatic heterocycles. The summed E-state index contributed by atoms with van der Waals surface area (Å²) < 4.78 is 1.54. The number of nitrogens with zero attached hydrogens (tertiary/aromatic N) is 3. The molecule has 2 aromatic rings. The van der Waals surface area contributed by atoms with E-state index in [2.05, 4.69) is 23.9 Å². The number of rotatable bonds is 6. The van der Waals surface area contributed by atoms with E-state index >= 15 is 0 Å². The number of fused-ring (bicyclic) bond motifs is 1. The highest BCUT2D eigenvalue weighted by Crippen LogP contribution is 2.08. The smallest absolute Gasteiger partial charge is 0.303 e. The molecule has 2 aromatic heterocycles. The first-order valence-corrected chi connectivity index (χ1v) is 7.19. The van der Waals surface area contributed by atoms with Crippen LogP contribution in [0.1, 0.15) is 38.8 Å². The minimum absolute atomic E-state index is 0.0343. The van der Waals surface area contributed by atoms with Gasteiger partial charge in [-0.1, -0.05) is 13.8 Å². The van der Waals surface area contributed by atoms with Gasteiger partial charge in [0.05, 0.1) is 6.42 Å². The molecule has 0 atom stereocenters. The second kappa shape index (κ2) is 6.55. The largest absolute Gasteiger partial charge is 0.511 e. The Bertz CT molecular complexity index is 795. The maximum Gasteiger partial charge on any atom is 0.303 e. The van der Waals surface area contributed by atoms with Crippen molar-refractivity contribution in [3.05, 3.63) is 33.5 Å². The van der Waals surface area contributed by atoms with E-state index < -0.39 is 5.97 Å². The molecule has 0 amide bonds. The van der Waals surface area contributed by atoms with Crippen molar-refractivity contribution in [2.75, 3.05) is 0 Å². The van der Waals surface area contributed by atoms with Gasteiger partial charge in [-0.25, -0.2) is 9.50 Å². The minimum Gasteiger partial charge on any atom is -0.511 e. The van der Waals surface area contributed by atoms with Gasteiger partial charge in [0, 0.05) is 18.2 Å². The molecule has 0 aromatic carbocycles. The first-order chi connectivity index (χ1) is 10.4. The number of carboxylic acids is 1. The summed E-state index contributed by atoms with van der Waals surface area (Å²) in [6.45, 7) is 4.19. The molecular formula is C15H19N3O4. The number of hydrogen-bond donors (Lipinski definition) is 2. The van der Waals surface area contributed by atoms with Crippen LogP contribution in [0.5, 0.6) is 0 Å². The van der Waals surface area contributed by atoms with E-state index in [1.54, 1.807) is 0 Å². The second-order valence-corrected chi connectivity index (χ2v) is 5.64. The van der Waals surface area contributed by atoms with E-state index in [-0.39, 0.29) is 34.9 Å². The Kier molecular flexibility index (Phi) is 4.75. The number of hydrogen-bond acceptors (Lipinski definition) is 5. The number of aliphatic hydroxyl groups is 1. The van der Waals surface area contributed by atoms with Crippen molar-refractivity contribution >= 4 is 17.4 Å². The van der Waals surface area contributed by atoms with Gasteiger partial charge in [0.25, 0.3) is 0 Å². The number of aliphatic hydroxyl groups excluding tert-OH is 1. The monoisotopic (exact) mass is 305 g/mol. The van der Waals surface area contributed by atoms with Gasteiger partial charge in [-0.3, -0.25) is 9.59 Å². The topological polar surface area (TPSA) is 105 Å². The molecule has 0 aliphatic carbocycles. The highest BCUT2D eigenvalue weighted by molar-refractivity contribution is 5.68. The van der Waals surface area contributed by atoms with Crippen LogP contribution in [-0.4, -0.2) is 30.8 Å². The lowest BCUT2D eigenvalue weighted by molar-refractivity contribution is -0.136. The zero-order chi connectivity index (χ0) is 16.3. The fourth-order valence-electron chi connectivity index (χ4n) is 2.25. The SMILES string of the molecule is CC(C)CCc1cc(=O)c(=C(O)CCC(=O)O)c2ncnn12. The molecule has 0 spiro atoms. The molecule has 2 N–H and O–H groups in total. The van der Waals surface area contributed by atoms with Gasteiger partial charge in [-0.05, 0) is 18.8 Å². The van der Waals surface area contributed by atoms with Gasteiger partial charge in [0.1, 0.15) is 17.3 Å². The van der Waals surface area contributed by atoms with E-state index in [1.165, 1.54) is 16.9 Å². The lowest BCUT2D eigenvalue weighted by Gasteiger charge is -2.07. The molecule has 0 fully saturated rings. The van der Waals surface area contributed by atoms with E-state index in [0.717, 1.165) is 12.1 Å². The average Bonchev–Trinajstić information content (AvgIpc) is 2.91. The summed E-state index contributed by atoms with van der Waals surface area (Å²) in [6.07, 6.45) is 2.55. The maximum atomic E-state index is 12.3. The highest BCUT2D eigenvalue weighted by atomic mass is 16.4. The highest BCUT2D eigenvalue weighted by Gasteiger charge is 2.12. The molecule has 7 heteroatoms. The van der Waals surface area contributed by atoms with Gasteiger partial charge < -0.3 is 10.2 Å². The van der Waals surface area contributed by atoms with Crippen molar-refractivity contribution in [1.82, 2.24) is 14.6 Å². The van der Waals surface area contributed by atoms with E-state index in [1.807, 2.05) is 0 Å². The van der Waals surface area contributed by atoms with Crippen molar-refractivity contribution in [3.63, 3.8) is 0 Å². The molecule has 2 heterocycles. The third-order valence-corrected chi connectivity index (χ3v) is 3.43. The fraction of sp³-hybridized carbons (Fsp3) is 0.467. The van der Waals surface area contributed by atoms with Gasteiger partial charge in [0.15, 0.2) is 11.1 Å². The average molecular weight is 305 g/mol. The first-order valence-electron chi connectivity index (χ1n) is 7.19. The van der Waals surface area contributed by atoms with Gasteiger partial charge in [-0.2, -0.15) is 5.10 Å². The van der Waals surface area contributed by atoms with E-state index in [9.17, 15) is 14.7 Å². The van der Waals surface area contributed by atoms with Crippen LogP contribution in [0, 0.1) is 5.92 Å². The number of pyridine rings is 1. The molecule has 0 bridgehead atoms. The molecule has 22 heavy (non-hydrogen) atoms. The predicted octanol–water partition coefficient (Wildman–Crippen LogP) is 0.928. The Labute approximate surface area is 126 Å². The molecule has 118 valence electrons. The molecule has 2 rings (SSSR count). The van der Waals surface area contributed by atoms with Crippen molar-refractivity contribution < 1.29 is 15.0 Å². The molecule has 7 nitrogen and oxygen atoms in total. The zero-order valence-electron chi connectivity index (χ0n) is 12.6. The molecule has 0 saturated carbocycles. The number of aryl methyl sites for hydroxylation is 1. The lowest BCUT2D eigenvalue weighted by Crippen LogP contribution is -2.31. The summed E-state index contributed by atoms with van der Waals surface area (Å²) in [6, 6.07) is 1.44. The summed E-state index contributed by atoms with van der Waals surface area (Å²) in [7, 11) is 0. The maximum absolute atomic E-state index is 12.3. The molecule has 0 radical (unpaired) electrons. The van der Waals surface area contributed by atoms with Crippen LogP contribution in [0.4, 0.5) is 0 Å². The van der Waals surface area contributed by atoms with Crippen LogP contribution in [0.2, 0.25) is 0 Å². The molecule has 0 saturated heterocycles. The van der Waals surface area contributed by atoms with Crippen LogP contribution in [-0.2, 0) is 11.2 Å². The minimum atomic E-state index is -1.04. The normalized spacial score (nSPS) is 12.9. The third-order valence-electron chi connectivity index (χ3n) is 3.43. The number of carboxylic acid groups (broad SMARTS) is 1. The Morgan fingerprint density at radius 3 is 2.68 bits per heavy atom. The van der Waals surface area contributed by atoms with Crippen molar-refractivity contribution in [2.45, 2.75) is 39.5 Å². The molecule has 0 aliphatic rings. The summed E-state index contributed by atoms with van der Waals surface area (Å²) in [5, 5.41) is 22.9. The third kappa shape index (κ3) is 3.41. The van der Waals surface area contributed by atoms with Crippen molar-refractivity contribution in [1.29, 1.82) is 0 Å². The van der Waals surface area contributed by atoms with E-state index in [0.29, 0.717) is 12.3 Å². The van der Waals surface area contributed by atoms with Crippen LogP contribution in [0.25, 0.3) is 11.4 Å². The van der Waals surface area contributed by atoms with Crippen LogP contribution >= 0.6 is 0 Å². The number of aromatic nitrogens is 3. The Morgan fingerprint density at radius 1 is 1.32 bits per heavy atom.